The summed E-state index contributed by atoms with van der Waals surface area (Å²) in [6.07, 6.45) is 0. The van der Waals surface area contributed by atoms with Crippen LogP contribution in [-0.4, -0.2) is 15.9 Å². The van der Waals surface area contributed by atoms with Gasteiger partial charge in [0.05, 0.1) is 22.2 Å². The fourth-order valence-electron chi connectivity index (χ4n) is 3.92. The van der Waals surface area contributed by atoms with Crippen molar-refractivity contribution in [2.24, 2.45) is 5.73 Å². The Morgan fingerprint density at radius 3 is 2.19 bits per heavy atom. The fourth-order valence-corrected chi connectivity index (χ4v) is 3.92. The van der Waals surface area contributed by atoms with E-state index in [2.05, 4.69) is 9.97 Å². The summed E-state index contributed by atoms with van der Waals surface area (Å²) in [5, 5.41) is 0. The second-order valence-corrected chi connectivity index (χ2v) is 7.96. The van der Waals surface area contributed by atoms with E-state index in [9.17, 15) is 4.79 Å². The van der Waals surface area contributed by atoms with Crippen LogP contribution in [0.3, 0.4) is 0 Å². The summed E-state index contributed by atoms with van der Waals surface area (Å²) in [6.45, 7) is 0.191. The summed E-state index contributed by atoms with van der Waals surface area (Å²) >= 11 is 0. The zero-order chi connectivity index (χ0) is 25.4. The summed E-state index contributed by atoms with van der Waals surface area (Å²) in [7, 11) is 0. The van der Waals surface area contributed by atoms with Gasteiger partial charge in [-0.1, -0.05) is 48.5 Å². The third kappa shape index (κ3) is 4.04. The lowest BCUT2D eigenvalue weighted by Crippen LogP contribution is -2.11. The van der Waals surface area contributed by atoms with Crippen LogP contribution in [-0.2, 0) is 6.61 Å². The smallest absolute Gasteiger partial charge is 0.250 e. The Morgan fingerprint density at radius 1 is 0.833 bits per heavy atom. The predicted octanol–water partition coefficient (Wildman–Crippen LogP) is 6.13. The molecule has 1 heterocycles. The van der Waals surface area contributed by atoms with Crippen LogP contribution < -0.4 is 10.5 Å². The van der Waals surface area contributed by atoms with Crippen molar-refractivity contribution in [3.05, 3.63) is 107 Å². The Labute approximate surface area is 202 Å². The SMILES string of the molecule is NC(=O)c1cccc2[nH]c(-c3c(F)c(F)c(-c4cccc(OCc5ccccc5)c4)c(F)c3F)nc12. The summed E-state index contributed by atoms with van der Waals surface area (Å²) in [6, 6.07) is 19.2. The first-order valence-corrected chi connectivity index (χ1v) is 10.8. The molecule has 180 valence electrons. The highest BCUT2D eigenvalue weighted by atomic mass is 19.2. The Balaban J connectivity index is 1.56. The second kappa shape index (κ2) is 9.18. The van der Waals surface area contributed by atoms with Gasteiger partial charge in [-0.15, -0.1) is 0 Å². The number of ether oxygens (including phenoxy) is 1. The number of benzene rings is 4. The van der Waals surface area contributed by atoms with E-state index in [1.165, 1.54) is 36.4 Å². The molecule has 0 radical (unpaired) electrons. The van der Waals surface area contributed by atoms with Crippen molar-refractivity contribution in [1.82, 2.24) is 9.97 Å². The van der Waals surface area contributed by atoms with Gasteiger partial charge < -0.3 is 15.5 Å². The van der Waals surface area contributed by atoms with Crippen LogP contribution in [0.2, 0.25) is 0 Å². The highest BCUT2D eigenvalue weighted by Gasteiger charge is 2.29. The number of halogens is 4. The molecule has 0 aliphatic rings. The van der Waals surface area contributed by atoms with E-state index in [0.29, 0.717) is 0 Å². The molecule has 0 bridgehead atoms. The van der Waals surface area contributed by atoms with E-state index >= 15 is 17.6 Å². The second-order valence-electron chi connectivity index (χ2n) is 7.96. The number of aromatic amines is 1. The molecular formula is C27H17F4N3O2. The van der Waals surface area contributed by atoms with Crippen molar-refractivity contribution in [2.75, 3.05) is 0 Å². The number of aromatic nitrogens is 2. The molecule has 5 aromatic rings. The Morgan fingerprint density at radius 2 is 1.50 bits per heavy atom. The van der Waals surface area contributed by atoms with Gasteiger partial charge in [0.25, 0.3) is 5.91 Å². The van der Waals surface area contributed by atoms with Crippen molar-refractivity contribution >= 4 is 16.9 Å². The fraction of sp³-hybridized carbons (Fsp3) is 0.0370. The van der Waals surface area contributed by atoms with E-state index in [1.807, 2.05) is 30.3 Å². The first-order valence-electron chi connectivity index (χ1n) is 10.8. The van der Waals surface area contributed by atoms with Crippen LogP contribution in [0.25, 0.3) is 33.5 Å². The van der Waals surface area contributed by atoms with Crippen LogP contribution in [0, 0.1) is 23.3 Å². The number of rotatable bonds is 6. The predicted molar refractivity (Wildman–Crippen MR) is 126 cm³/mol. The normalized spacial score (nSPS) is 11.1. The monoisotopic (exact) mass is 491 g/mol. The standard InChI is InChI=1S/C27H17F4N3O2/c28-21-19(15-8-4-9-16(12-15)36-13-14-6-2-1-3-7-14)22(29)24(31)20(23(21)30)27-33-18-11-5-10-17(26(32)35)25(18)34-27/h1-12H,13H2,(H2,32,35)(H,33,34). The van der Waals surface area contributed by atoms with Crippen LogP contribution in [0.5, 0.6) is 5.75 Å². The molecule has 4 aromatic carbocycles. The average Bonchev–Trinajstić information content (AvgIpc) is 3.31. The number of fused-ring (bicyclic) bond motifs is 1. The number of nitrogens with zero attached hydrogens (tertiary/aromatic N) is 1. The van der Waals surface area contributed by atoms with E-state index in [0.717, 1.165) is 5.56 Å². The molecule has 0 unspecified atom stereocenters. The lowest BCUT2D eigenvalue weighted by molar-refractivity contribution is 0.100. The Bertz CT molecular complexity index is 1590. The van der Waals surface area contributed by atoms with Crippen molar-refractivity contribution < 1.29 is 27.1 Å². The van der Waals surface area contributed by atoms with Gasteiger partial charge in [0, 0.05) is 0 Å². The zero-order valence-electron chi connectivity index (χ0n) is 18.5. The number of nitrogens with two attached hydrogens (primary N) is 1. The molecule has 0 aliphatic carbocycles. The van der Waals surface area contributed by atoms with E-state index < -0.39 is 46.1 Å². The molecule has 0 atom stereocenters. The minimum Gasteiger partial charge on any atom is -0.489 e. The molecule has 0 saturated heterocycles. The molecule has 5 nitrogen and oxygen atoms in total. The van der Waals surface area contributed by atoms with Crippen LogP contribution in [0.4, 0.5) is 17.6 Å². The minimum atomic E-state index is -1.64. The number of hydrogen-bond donors (Lipinski definition) is 2. The van der Waals surface area contributed by atoms with Crippen molar-refractivity contribution in [3.63, 3.8) is 0 Å². The molecule has 36 heavy (non-hydrogen) atoms. The van der Waals surface area contributed by atoms with Gasteiger partial charge in [-0.05, 0) is 35.4 Å². The summed E-state index contributed by atoms with van der Waals surface area (Å²) in [4.78, 5) is 18.2. The van der Waals surface area contributed by atoms with Gasteiger partial charge in [-0.3, -0.25) is 4.79 Å². The van der Waals surface area contributed by atoms with E-state index in [4.69, 9.17) is 10.5 Å². The van der Waals surface area contributed by atoms with Gasteiger partial charge in [0.2, 0.25) is 0 Å². The maximum atomic E-state index is 15.2. The molecular weight excluding hydrogens is 474 g/mol. The summed E-state index contributed by atoms with van der Waals surface area (Å²) in [5.41, 5.74) is 4.38. The van der Waals surface area contributed by atoms with Crippen LogP contribution in [0.15, 0.2) is 72.8 Å². The van der Waals surface area contributed by atoms with Gasteiger partial charge in [0.1, 0.15) is 23.7 Å². The number of imidazole rings is 1. The third-order valence-electron chi connectivity index (χ3n) is 5.65. The van der Waals surface area contributed by atoms with Gasteiger partial charge in [-0.2, -0.15) is 0 Å². The lowest BCUT2D eigenvalue weighted by atomic mass is 10.0. The molecule has 3 N–H and O–H groups in total. The van der Waals surface area contributed by atoms with Crippen LogP contribution in [0.1, 0.15) is 15.9 Å². The molecule has 5 rings (SSSR count). The van der Waals surface area contributed by atoms with Gasteiger partial charge >= 0.3 is 0 Å². The van der Waals surface area contributed by atoms with E-state index in [1.54, 1.807) is 6.07 Å². The summed E-state index contributed by atoms with van der Waals surface area (Å²) < 4.78 is 66.4. The first kappa shape index (κ1) is 23.1. The number of carbonyl (C=O) groups is 1. The molecule has 0 saturated carbocycles. The molecule has 1 aromatic heterocycles. The first-order chi connectivity index (χ1) is 17.3. The van der Waals surface area contributed by atoms with Crippen molar-refractivity contribution in [1.29, 1.82) is 0 Å². The molecule has 0 aliphatic heterocycles. The highest BCUT2D eigenvalue weighted by molar-refractivity contribution is 6.04. The number of primary amides is 1. The maximum Gasteiger partial charge on any atom is 0.250 e. The number of para-hydroxylation sites is 1. The Hall–Kier alpha value is -4.66. The molecule has 1 amide bonds. The maximum absolute atomic E-state index is 15.2. The highest BCUT2D eigenvalue weighted by Crippen LogP contribution is 2.37. The topological polar surface area (TPSA) is 81.0 Å². The average molecular weight is 491 g/mol. The summed E-state index contributed by atoms with van der Waals surface area (Å²) in [5.74, 6) is -7.52. The lowest BCUT2D eigenvalue weighted by Gasteiger charge is -2.13. The number of nitrogens with one attached hydrogen (secondary N) is 1. The number of amides is 1. The van der Waals surface area contributed by atoms with Crippen molar-refractivity contribution in [2.45, 2.75) is 6.61 Å². The van der Waals surface area contributed by atoms with Gasteiger partial charge in [-0.25, -0.2) is 22.5 Å². The Kier molecular flexibility index (Phi) is 5.89. The van der Waals surface area contributed by atoms with Crippen molar-refractivity contribution in [3.8, 4) is 28.3 Å². The number of hydrogen-bond acceptors (Lipinski definition) is 3. The quantitative estimate of drug-likeness (QED) is 0.221. The number of carbonyl (C=O) groups excluding carboxylic acids is 1. The minimum absolute atomic E-state index is 0.0132. The van der Waals surface area contributed by atoms with Gasteiger partial charge in [0.15, 0.2) is 23.3 Å². The largest absolute Gasteiger partial charge is 0.489 e. The zero-order valence-corrected chi connectivity index (χ0v) is 18.5. The van der Waals surface area contributed by atoms with Crippen LogP contribution >= 0.6 is 0 Å². The van der Waals surface area contributed by atoms with E-state index in [-0.39, 0.29) is 34.5 Å². The molecule has 9 heteroatoms. The third-order valence-corrected chi connectivity index (χ3v) is 5.65. The molecule has 0 fully saturated rings. The molecule has 0 spiro atoms. The number of H-pyrrole nitrogens is 1.